The Labute approximate surface area is 229 Å². The Morgan fingerprint density at radius 1 is 0.686 bits per heavy atom. The van der Waals surface area contributed by atoms with Crippen LogP contribution in [0, 0.1) is 0 Å². The Morgan fingerprint density at radius 3 is 2.26 bits per heavy atom. The minimum absolute atomic E-state index is 0. The first kappa shape index (κ1) is 24.1. The molecular formula is C30H22Cl2N2Zr. The molecule has 2 atom stereocenters. The van der Waals surface area contributed by atoms with Crippen molar-refractivity contribution >= 4 is 28.8 Å². The fourth-order valence-corrected chi connectivity index (χ4v) is 10.6. The average Bonchev–Trinajstić information content (AvgIpc) is 3.65. The van der Waals surface area contributed by atoms with Gasteiger partial charge in [0.05, 0.1) is 0 Å². The van der Waals surface area contributed by atoms with Crippen LogP contribution in [-0.2, 0) is 26.5 Å². The summed E-state index contributed by atoms with van der Waals surface area (Å²) < 4.78 is 5.30. The van der Waals surface area contributed by atoms with Crippen molar-refractivity contribution in [3.05, 3.63) is 138 Å². The molecule has 7 rings (SSSR count). The van der Waals surface area contributed by atoms with Gasteiger partial charge < -0.3 is 24.8 Å². The van der Waals surface area contributed by atoms with Crippen molar-refractivity contribution < 1.29 is 48.0 Å². The van der Waals surface area contributed by atoms with Gasteiger partial charge in [-0.1, -0.05) is 0 Å². The number of para-hydroxylation sites is 1. The van der Waals surface area contributed by atoms with Crippen LogP contribution >= 0.6 is 0 Å². The van der Waals surface area contributed by atoms with Crippen LogP contribution in [0.2, 0.25) is 0 Å². The van der Waals surface area contributed by atoms with Gasteiger partial charge in [0.1, 0.15) is 0 Å². The van der Waals surface area contributed by atoms with Gasteiger partial charge >= 0.3 is 206 Å². The molecule has 2 aliphatic carbocycles. The number of hydrogen-bond acceptors (Lipinski definition) is 0. The van der Waals surface area contributed by atoms with Crippen molar-refractivity contribution in [2.75, 3.05) is 0 Å². The molecule has 0 fully saturated rings. The molecule has 0 N–H and O–H groups in total. The van der Waals surface area contributed by atoms with Crippen molar-refractivity contribution in [1.82, 2.24) is 9.13 Å². The fourth-order valence-electron chi connectivity index (χ4n) is 5.48. The largest absolute Gasteiger partial charge is 1.00 e. The molecule has 0 saturated heterocycles. The van der Waals surface area contributed by atoms with Gasteiger partial charge in [-0.2, -0.15) is 0 Å². The van der Waals surface area contributed by atoms with E-state index < -0.39 is 23.2 Å². The van der Waals surface area contributed by atoms with E-state index in [4.69, 9.17) is 0 Å². The van der Waals surface area contributed by atoms with Crippen LogP contribution in [0.1, 0.15) is 25.9 Å². The van der Waals surface area contributed by atoms with Gasteiger partial charge in [-0.25, -0.2) is 0 Å². The molecule has 2 aliphatic rings. The third-order valence-corrected chi connectivity index (χ3v) is 12.0. The monoisotopic (exact) mass is 570 g/mol. The van der Waals surface area contributed by atoms with E-state index in [2.05, 4.69) is 137 Å². The van der Waals surface area contributed by atoms with E-state index in [0.717, 1.165) is 0 Å². The topological polar surface area (TPSA) is 9.86 Å². The second kappa shape index (κ2) is 9.47. The minimum Gasteiger partial charge on any atom is -1.00 e. The SMILES string of the molecule is C1=C[C]([Zr+2][CH]2C(n3ccc4ccccc43)=Cc3ccccc32)(n2cccc2)c2ccccc21.[Cl-].[Cl-]. The van der Waals surface area contributed by atoms with Gasteiger partial charge in [-0.05, 0) is 0 Å². The number of benzene rings is 3. The zero-order valence-corrected chi connectivity index (χ0v) is 22.8. The molecule has 0 radical (unpaired) electrons. The number of hydrogen-bond donors (Lipinski definition) is 0. The van der Waals surface area contributed by atoms with Crippen LogP contribution in [0.3, 0.4) is 0 Å². The van der Waals surface area contributed by atoms with Gasteiger partial charge in [0.15, 0.2) is 0 Å². The molecule has 3 aromatic carbocycles. The molecule has 5 aromatic rings. The zero-order valence-electron chi connectivity index (χ0n) is 18.9. The van der Waals surface area contributed by atoms with E-state index >= 15 is 0 Å². The second-order valence-electron chi connectivity index (χ2n) is 8.80. The number of rotatable bonds is 4. The Bertz CT molecular complexity index is 1560. The van der Waals surface area contributed by atoms with Crippen LogP contribution in [0.15, 0.2) is 116 Å². The number of aromatic nitrogens is 2. The molecular weight excluding hydrogens is 550 g/mol. The summed E-state index contributed by atoms with van der Waals surface area (Å²) in [5, 5.41) is 1.30. The predicted molar refractivity (Wildman–Crippen MR) is 132 cm³/mol. The van der Waals surface area contributed by atoms with Gasteiger partial charge in [-0.3, -0.25) is 0 Å². The van der Waals surface area contributed by atoms with Gasteiger partial charge in [0.25, 0.3) is 0 Å². The third-order valence-electron chi connectivity index (χ3n) is 7.04. The summed E-state index contributed by atoms with van der Waals surface area (Å²) in [6, 6.07) is 33.2. The maximum atomic E-state index is 2.48. The van der Waals surface area contributed by atoms with Gasteiger partial charge in [0, 0.05) is 0 Å². The molecule has 35 heavy (non-hydrogen) atoms. The third kappa shape index (κ3) is 3.73. The summed E-state index contributed by atoms with van der Waals surface area (Å²) in [4.78, 5) is 0. The normalized spacial score (nSPS) is 19.3. The van der Waals surface area contributed by atoms with E-state index in [0.29, 0.717) is 3.63 Å². The van der Waals surface area contributed by atoms with E-state index in [1.807, 2.05) is 0 Å². The molecule has 0 amide bonds. The second-order valence-corrected chi connectivity index (χ2v) is 12.8. The quantitative estimate of drug-likeness (QED) is 0.305. The molecule has 0 saturated carbocycles. The molecule has 0 aliphatic heterocycles. The molecule has 5 heteroatoms. The minimum atomic E-state index is -1.17. The molecule has 0 spiro atoms. The molecule has 2 nitrogen and oxygen atoms in total. The van der Waals surface area contributed by atoms with E-state index in [1.165, 1.54) is 38.9 Å². The van der Waals surface area contributed by atoms with Gasteiger partial charge in [-0.15, -0.1) is 0 Å². The number of allylic oxidation sites excluding steroid dienone is 2. The van der Waals surface area contributed by atoms with Crippen LogP contribution < -0.4 is 24.8 Å². The maximum Gasteiger partial charge on any atom is -1.00 e. The predicted octanol–water partition coefficient (Wildman–Crippen LogP) is 1.01. The van der Waals surface area contributed by atoms with E-state index in [1.54, 1.807) is 0 Å². The van der Waals surface area contributed by atoms with Crippen molar-refractivity contribution in [2.45, 2.75) is 6.87 Å². The Hall–Kier alpha value is -2.58. The Kier molecular flexibility index (Phi) is 6.53. The molecule has 2 unspecified atom stereocenters. The first-order valence-electron chi connectivity index (χ1n) is 11.4. The maximum absolute atomic E-state index is 2.48. The summed E-state index contributed by atoms with van der Waals surface area (Å²) in [6.07, 6.45) is 14.0. The number of halogens is 2. The standard InChI is InChI=1S/C17H12N.C13H10N.2ClH.Zr/c1-2-7-15-12-16(11-14(15)6-1)18-10-9-13-5-3-4-8-17(13)18;1-2-6-12-11(5-1)7-8-13(12)14-9-3-4-10-14;;;/h1-12H;1-10H;2*1H;/q;;;;+2/p-2. The summed E-state index contributed by atoms with van der Waals surface area (Å²) in [5.74, 6) is 0. The summed E-state index contributed by atoms with van der Waals surface area (Å²) in [5.41, 5.74) is 8.38. The van der Waals surface area contributed by atoms with Crippen LogP contribution in [0.4, 0.5) is 0 Å². The van der Waals surface area contributed by atoms with Crippen LogP contribution in [0.5, 0.6) is 0 Å². The van der Waals surface area contributed by atoms with Crippen molar-refractivity contribution in [3.8, 4) is 0 Å². The first-order chi connectivity index (χ1) is 16.3. The smallest absolute Gasteiger partial charge is 1.00 e. The molecule has 170 valence electrons. The fraction of sp³-hybridized carbons (Fsp3) is 0.0667. The Morgan fingerprint density at radius 2 is 1.40 bits per heavy atom. The summed E-state index contributed by atoms with van der Waals surface area (Å²) >= 11 is -1.17. The molecule has 0 bridgehead atoms. The Balaban J connectivity index is 0.00000127. The molecule has 2 aromatic heterocycles. The van der Waals surface area contributed by atoms with Crippen LogP contribution in [-0.4, -0.2) is 9.13 Å². The number of nitrogens with zero attached hydrogens (tertiary/aromatic N) is 2. The van der Waals surface area contributed by atoms with E-state index in [9.17, 15) is 0 Å². The first-order valence-corrected chi connectivity index (χ1v) is 14.1. The van der Waals surface area contributed by atoms with E-state index in [-0.39, 0.29) is 28.1 Å². The summed E-state index contributed by atoms with van der Waals surface area (Å²) in [6.45, 7) is 0. The van der Waals surface area contributed by atoms with Crippen molar-refractivity contribution in [1.29, 1.82) is 0 Å². The van der Waals surface area contributed by atoms with Crippen molar-refractivity contribution in [2.24, 2.45) is 0 Å². The van der Waals surface area contributed by atoms with Gasteiger partial charge in [0.2, 0.25) is 0 Å². The zero-order chi connectivity index (χ0) is 21.8. The summed E-state index contributed by atoms with van der Waals surface area (Å²) in [7, 11) is 0. The average molecular weight is 573 g/mol. The van der Waals surface area contributed by atoms with Crippen molar-refractivity contribution in [3.63, 3.8) is 0 Å². The van der Waals surface area contributed by atoms with Crippen LogP contribution in [0.25, 0.3) is 28.8 Å². The molecule has 2 heterocycles. The number of fused-ring (bicyclic) bond motifs is 3.